The summed E-state index contributed by atoms with van der Waals surface area (Å²) in [4.78, 5) is 14.5. The van der Waals surface area contributed by atoms with E-state index in [9.17, 15) is 18.0 Å². The van der Waals surface area contributed by atoms with Gasteiger partial charge in [0.1, 0.15) is 16.6 Å². The molecule has 1 aliphatic rings. The number of nitrogens with one attached hydrogen (secondary N) is 1. The van der Waals surface area contributed by atoms with E-state index in [1.807, 2.05) is 0 Å². The van der Waals surface area contributed by atoms with Crippen molar-refractivity contribution in [2.75, 3.05) is 26.2 Å². The molecule has 1 saturated heterocycles. The highest BCUT2D eigenvalue weighted by Gasteiger charge is 2.25. The summed E-state index contributed by atoms with van der Waals surface area (Å²) in [5.74, 6) is -1.19. The van der Waals surface area contributed by atoms with Crippen molar-refractivity contribution in [2.45, 2.75) is 38.0 Å². The van der Waals surface area contributed by atoms with Gasteiger partial charge in [-0.1, -0.05) is 23.7 Å². The third-order valence-corrected chi connectivity index (χ3v) is 7.39. The van der Waals surface area contributed by atoms with Gasteiger partial charge in [-0.25, -0.2) is 13.2 Å². The Morgan fingerprint density at radius 1 is 1.08 bits per heavy atom. The molecule has 36 heavy (non-hydrogen) atoms. The minimum atomic E-state index is -0.903. The van der Waals surface area contributed by atoms with Crippen molar-refractivity contribution in [3.05, 3.63) is 86.6 Å². The van der Waals surface area contributed by atoms with Gasteiger partial charge in [-0.15, -0.1) is 0 Å². The van der Waals surface area contributed by atoms with Gasteiger partial charge >= 0.3 is 0 Å². The van der Waals surface area contributed by atoms with E-state index >= 15 is 0 Å². The van der Waals surface area contributed by atoms with Crippen LogP contribution in [0.1, 0.15) is 42.9 Å². The van der Waals surface area contributed by atoms with Crippen LogP contribution in [0.25, 0.3) is 0 Å². The number of rotatable bonds is 10. The summed E-state index contributed by atoms with van der Waals surface area (Å²) < 4.78 is 47.0. The predicted octanol–water partition coefficient (Wildman–Crippen LogP) is 5.68. The standard InChI is InChI=1S/C27H31ClF3N3O2/c1-33-26(25(28)27(35)32-33)20(16-19-2-4-21(29)5-3-19)10-14-34-12-8-18(9-13-34)11-15-36-22-6-7-23(30)24(31)17-22/h2-7,17-18,20H,8-16H2,1H3,(H,32,35). The first-order valence-electron chi connectivity index (χ1n) is 12.3. The quantitative estimate of drug-likeness (QED) is 0.373. The lowest BCUT2D eigenvalue weighted by Gasteiger charge is -2.33. The molecular formula is C27H31ClF3N3O2. The molecule has 0 aliphatic carbocycles. The highest BCUT2D eigenvalue weighted by atomic mass is 35.5. The molecule has 1 unspecified atom stereocenters. The molecule has 1 aromatic heterocycles. The van der Waals surface area contributed by atoms with Crippen LogP contribution in [-0.4, -0.2) is 40.9 Å². The number of ether oxygens (including phenoxy) is 1. The summed E-state index contributed by atoms with van der Waals surface area (Å²) in [6.45, 7) is 3.24. The van der Waals surface area contributed by atoms with Crippen molar-refractivity contribution < 1.29 is 17.9 Å². The summed E-state index contributed by atoms with van der Waals surface area (Å²) in [7, 11) is 1.79. The summed E-state index contributed by atoms with van der Waals surface area (Å²) >= 11 is 6.36. The molecule has 1 N–H and O–H groups in total. The van der Waals surface area contributed by atoms with Gasteiger partial charge in [0.15, 0.2) is 11.6 Å². The largest absolute Gasteiger partial charge is 0.493 e. The number of likely N-dealkylation sites (tertiary alicyclic amines) is 1. The number of aromatic amines is 1. The Morgan fingerprint density at radius 2 is 1.81 bits per heavy atom. The maximum absolute atomic E-state index is 13.4. The fraction of sp³-hybridized carbons (Fsp3) is 0.444. The van der Waals surface area contributed by atoms with E-state index in [-0.39, 0.29) is 22.3 Å². The van der Waals surface area contributed by atoms with Crippen molar-refractivity contribution >= 4 is 11.6 Å². The van der Waals surface area contributed by atoms with Gasteiger partial charge in [0.25, 0.3) is 5.56 Å². The molecule has 0 radical (unpaired) electrons. The third kappa shape index (κ3) is 6.73. The van der Waals surface area contributed by atoms with E-state index in [4.69, 9.17) is 16.3 Å². The van der Waals surface area contributed by atoms with Gasteiger partial charge in [-0.3, -0.25) is 14.6 Å². The highest BCUT2D eigenvalue weighted by molar-refractivity contribution is 6.31. The van der Waals surface area contributed by atoms with Crippen LogP contribution in [0.2, 0.25) is 5.02 Å². The fourth-order valence-electron chi connectivity index (χ4n) is 4.97. The van der Waals surface area contributed by atoms with Gasteiger partial charge in [-0.2, -0.15) is 0 Å². The van der Waals surface area contributed by atoms with Gasteiger partial charge in [0.2, 0.25) is 0 Å². The zero-order chi connectivity index (χ0) is 25.7. The number of aromatic nitrogens is 2. The summed E-state index contributed by atoms with van der Waals surface area (Å²) in [5, 5.41) is 2.95. The second kappa shape index (κ2) is 12.0. The molecule has 1 fully saturated rings. The molecule has 9 heteroatoms. The molecule has 1 aliphatic heterocycles. The lowest BCUT2D eigenvalue weighted by atomic mass is 9.91. The van der Waals surface area contributed by atoms with Crippen LogP contribution in [0.4, 0.5) is 13.2 Å². The Hall–Kier alpha value is -2.71. The third-order valence-electron chi connectivity index (χ3n) is 7.02. The van der Waals surface area contributed by atoms with E-state index < -0.39 is 11.6 Å². The second-order valence-electron chi connectivity index (χ2n) is 9.51. The minimum Gasteiger partial charge on any atom is -0.493 e. The van der Waals surface area contributed by atoms with Crippen LogP contribution in [0.5, 0.6) is 5.75 Å². The van der Waals surface area contributed by atoms with Crippen molar-refractivity contribution in [2.24, 2.45) is 13.0 Å². The molecule has 0 bridgehead atoms. The Labute approximate surface area is 213 Å². The number of hydrogen-bond acceptors (Lipinski definition) is 3. The molecule has 0 saturated carbocycles. The Bertz CT molecular complexity index is 1200. The van der Waals surface area contributed by atoms with Crippen molar-refractivity contribution in [1.29, 1.82) is 0 Å². The first kappa shape index (κ1) is 26.4. The Morgan fingerprint density at radius 3 is 2.44 bits per heavy atom. The zero-order valence-corrected chi connectivity index (χ0v) is 21.0. The number of benzene rings is 2. The van der Waals surface area contributed by atoms with Gasteiger partial charge in [-0.05, 0) is 87.5 Å². The average Bonchev–Trinajstić information content (AvgIpc) is 3.12. The number of halogens is 4. The maximum Gasteiger partial charge on any atom is 0.283 e. The van der Waals surface area contributed by atoms with Crippen LogP contribution < -0.4 is 10.3 Å². The second-order valence-corrected chi connectivity index (χ2v) is 9.89. The highest BCUT2D eigenvalue weighted by Crippen LogP contribution is 2.30. The maximum atomic E-state index is 13.4. The van der Waals surface area contributed by atoms with Crippen LogP contribution in [-0.2, 0) is 13.5 Å². The molecule has 4 rings (SSSR count). The Kier molecular flexibility index (Phi) is 8.80. The smallest absolute Gasteiger partial charge is 0.283 e. The lowest BCUT2D eigenvalue weighted by Crippen LogP contribution is -2.35. The van der Waals surface area contributed by atoms with E-state index in [1.165, 1.54) is 18.2 Å². The first-order chi connectivity index (χ1) is 17.3. The normalized spacial score (nSPS) is 15.8. The Balaban J connectivity index is 1.28. The van der Waals surface area contributed by atoms with Crippen LogP contribution in [0.3, 0.4) is 0 Å². The SMILES string of the molecule is Cn1[nH]c(=O)c(Cl)c1C(CCN1CCC(CCOc2ccc(F)c(F)c2)CC1)Cc1ccc(F)cc1. The van der Waals surface area contributed by atoms with Crippen molar-refractivity contribution in [1.82, 2.24) is 14.7 Å². The number of piperidine rings is 1. The molecule has 194 valence electrons. The molecule has 2 aromatic carbocycles. The van der Waals surface area contributed by atoms with Crippen molar-refractivity contribution in [3.8, 4) is 5.75 Å². The van der Waals surface area contributed by atoms with E-state index in [0.29, 0.717) is 24.7 Å². The van der Waals surface area contributed by atoms with Crippen molar-refractivity contribution in [3.63, 3.8) is 0 Å². The monoisotopic (exact) mass is 521 g/mol. The molecule has 5 nitrogen and oxygen atoms in total. The number of nitrogens with zero attached hydrogens (tertiary/aromatic N) is 2. The van der Waals surface area contributed by atoms with Crippen LogP contribution in [0.15, 0.2) is 47.3 Å². The van der Waals surface area contributed by atoms with E-state index in [0.717, 1.165) is 68.7 Å². The average molecular weight is 522 g/mol. The lowest BCUT2D eigenvalue weighted by molar-refractivity contribution is 0.159. The molecule has 1 atom stereocenters. The minimum absolute atomic E-state index is 0.00846. The number of hydrogen-bond donors (Lipinski definition) is 1. The predicted molar refractivity (Wildman–Crippen MR) is 134 cm³/mol. The number of aryl methyl sites for hydroxylation is 1. The first-order valence-corrected chi connectivity index (χ1v) is 12.7. The van der Waals surface area contributed by atoms with Gasteiger partial charge < -0.3 is 9.64 Å². The van der Waals surface area contributed by atoms with Crippen LogP contribution >= 0.6 is 11.6 Å². The summed E-state index contributed by atoms with van der Waals surface area (Å²) in [6, 6.07) is 10.0. The van der Waals surface area contributed by atoms with Crippen LogP contribution in [0, 0.1) is 23.4 Å². The van der Waals surface area contributed by atoms with Gasteiger partial charge in [0.05, 0.1) is 12.3 Å². The molecule has 3 aromatic rings. The number of H-pyrrole nitrogens is 1. The topological polar surface area (TPSA) is 50.3 Å². The van der Waals surface area contributed by atoms with E-state index in [2.05, 4.69) is 10.00 Å². The fourth-order valence-corrected chi connectivity index (χ4v) is 5.29. The molecular weight excluding hydrogens is 491 g/mol. The summed E-state index contributed by atoms with van der Waals surface area (Å²) in [5.41, 5.74) is 1.46. The van der Waals surface area contributed by atoms with E-state index in [1.54, 1.807) is 23.9 Å². The van der Waals surface area contributed by atoms with Gasteiger partial charge in [0, 0.05) is 19.0 Å². The zero-order valence-electron chi connectivity index (χ0n) is 20.3. The molecule has 0 amide bonds. The molecule has 0 spiro atoms. The molecule has 2 heterocycles. The summed E-state index contributed by atoms with van der Waals surface area (Å²) in [6.07, 6.45) is 4.40.